The molecule has 1 atom stereocenters. The maximum atomic E-state index is 12.3. The van der Waals surface area contributed by atoms with E-state index < -0.39 is 0 Å². The van der Waals surface area contributed by atoms with Crippen LogP contribution in [0.5, 0.6) is 0 Å². The Hall–Kier alpha value is -2.08. The lowest BCUT2D eigenvalue weighted by molar-refractivity contribution is -0.131. The summed E-state index contributed by atoms with van der Waals surface area (Å²) in [5, 5.41) is 3.04. The van der Waals surface area contributed by atoms with Crippen molar-refractivity contribution in [3.63, 3.8) is 0 Å². The molecule has 1 unspecified atom stereocenters. The predicted molar refractivity (Wildman–Crippen MR) is 107 cm³/mol. The van der Waals surface area contributed by atoms with Crippen molar-refractivity contribution in [1.82, 2.24) is 4.90 Å². The molecule has 1 aliphatic heterocycles. The third-order valence-corrected chi connectivity index (χ3v) is 5.56. The number of anilines is 2. The maximum Gasteiger partial charge on any atom is 0.227 e. The standard InChI is InChI=1S/C21H31N3O3/c1-15(25)24(14-19-8-5-11-27-19)13-17-12-18(9-10-20(17)23(2)3)22-21(26)16-6-4-7-16/h9-10,12,16,19H,4-8,11,13-14H2,1-3H3,(H,22,26). The van der Waals surface area contributed by atoms with Crippen LogP contribution < -0.4 is 10.2 Å². The Balaban J connectivity index is 1.76. The molecule has 2 aliphatic rings. The highest BCUT2D eigenvalue weighted by atomic mass is 16.5. The molecule has 1 saturated heterocycles. The molecule has 0 spiro atoms. The van der Waals surface area contributed by atoms with Crippen molar-refractivity contribution in [3.8, 4) is 0 Å². The van der Waals surface area contributed by atoms with Crippen LogP contribution in [-0.4, -0.2) is 50.1 Å². The van der Waals surface area contributed by atoms with Gasteiger partial charge < -0.3 is 19.9 Å². The number of carbonyl (C=O) groups excluding carboxylic acids is 2. The summed E-state index contributed by atoms with van der Waals surface area (Å²) in [7, 11) is 3.98. The number of carbonyl (C=O) groups is 2. The highest BCUT2D eigenvalue weighted by Gasteiger charge is 2.26. The zero-order valence-corrected chi connectivity index (χ0v) is 16.7. The van der Waals surface area contributed by atoms with Gasteiger partial charge in [-0.1, -0.05) is 6.42 Å². The van der Waals surface area contributed by atoms with Crippen LogP contribution in [-0.2, 0) is 20.9 Å². The molecule has 1 N–H and O–H groups in total. The van der Waals surface area contributed by atoms with Crippen molar-refractivity contribution >= 4 is 23.2 Å². The molecule has 1 aromatic rings. The number of ether oxygens (including phenoxy) is 1. The topological polar surface area (TPSA) is 61.9 Å². The lowest BCUT2D eigenvalue weighted by Gasteiger charge is -2.28. The third kappa shape index (κ3) is 5.01. The van der Waals surface area contributed by atoms with Crippen LogP contribution in [0.3, 0.4) is 0 Å². The summed E-state index contributed by atoms with van der Waals surface area (Å²) in [6, 6.07) is 5.95. The van der Waals surface area contributed by atoms with Crippen LogP contribution >= 0.6 is 0 Å². The number of nitrogens with one attached hydrogen (secondary N) is 1. The average Bonchev–Trinajstić information content (AvgIpc) is 3.05. The summed E-state index contributed by atoms with van der Waals surface area (Å²) >= 11 is 0. The lowest BCUT2D eigenvalue weighted by Crippen LogP contribution is -2.35. The van der Waals surface area contributed by atoms with E-state index in [4.69, 9.17) is 4.74 Å². The van der Waals surface area contributed by atoms with Gasteiger partial charge in [-0.25, -0.2) is 0 Å². The van der Waals surface area contributed by atoms with E-state index in [9.17, 15) is 9.59 Å². The van der Waals surface area contributed by atoms with Gasteiger partial charge in [0.2, 0.25) is 11.8 Å². The summed E-state index contributed by atoms with van der Waals surface area (Å²) in [4.78, 5) is 28.4. The fraction of sp³-hybridized carbons (Fsp3) is 0.619. The van der Waals surface area contributed by atoms with Gasteiger partial charge in [-0.05, 0) is 49.4 Å². The number of hydrogen-bond acceptors (Lipinski definition) is 4. The Bertz CT molecular complexity index is 679. The van der Waals surface area contributed by atoms with Gasteiger partial charge in [-0.15, -0.1) is 0 Å². The van der Waals surface area contributed by atoms with Crippen molar-refractivity contribution in [2.75, 3.05) is 37.5 Å². The molecule has 2 fully saturated rings. The largest absolute Gasteiger partial charge is 0.377 e. The molecule has 1 heterocycles. The molecule has 6 heteroatoms. The molecular formula is C21H31N3O3. The molecule has 0 bridgehead atoms. The van der Waals surface area contributed by atoms with Gasteiger partial charge in [0.05, 0.1) is 6.10 Å². The van der Waals surface area contributed by atoms with E-state index in [0.717, 1.165) is 55.6 Å². The summed E-state index contributed by atoms with van der Waals surface area (Å²) in [6.07, 6.45) is 5.28. The van der Waals surface area contributed by atoms with Crippen LogP contribution in [0.4, 0.5) is 11.4 Å². The molecule has 2 amide bonds. The minimum atomic E-state index is 0.0408. The maximum absolute atomic E-state index is 12.3. The highest BCUT2D eigenvalue weighted by Crippen LogP contribution is 2.29. The van der Waals surface area contributed by atoms with E-state index in [0.29, 0.717) is 13.1 Å². The molecule has 1 saturated carbocycles. The number of nitrogens with zero attached hydrogens (tertiary/aromatic N) is 2. The second kappa shape index (κ2) is 8.74. The Morgan fingerprint density at radius 3 is 2.52 bits per heavy atom. The molecule has 0 aromatic heterocycles. The van der Waals surface area contributed by atoms with E-state index in [1.165, 1.54) is 0 Å². The van der Waals surface area contributed by atoms with E-state index in [2.05, 4.69) is 5.32 Å². The van der Waals surface area contributed by atoms with E-state index in [1.54, 1.807) is 6.92 Å². The first kappa shape index (κ1) is 19.7. The van der Waals surface area contributed by atoms with Gasteiger partial charge in [0.1, 0.15) is 0 Å². The van der Waals surface area contributed by atoms with Crippen molar-refractivity contribution in [2.24, 2.45) is 5.92 Å². The third-order valence-electron chi connectivity index (χ3n) is 5.56. The van der Waals surface area contributed by atoms with Gasteiger partial charge in [0.25, 0.3) is 0 Å². The van der Waals surface area contributed by atoms with Gasteiger partial charge in [0, 0.05) is 58.0 Å². The second-order valence-electron chi connectivity index (χ2n) is 7.89. The molecule has 1 aliphatic carbocycles. The van der Waals surface area contributed by atoms with Crippen LogP contribution in [0, 0.1) is 5.92 Å². The van der Waals surface area contributed by atoms with Gasteiger partial charge in [0.15, 0.2) is 0 Å². The minimum Gasteiger partial charge on any atom is -0.377 e. The van der Waals surface area contributed by atoms with E-state index in [-0.39, 0.29) is 23.8 Å². The van der Waals surface area contributed by atoms with E-state index >= 15 is 0 Å². The molecule has 0 radical (unpaired) electrons. The fourth-order valence-electron chi connectivity index (χ4n) is 3.69. The number of hydrogen-bond donors (Lipinski definition) is 1. The van der Waals surface area contributed by atoms with Crippen molar-refractivity contribution < 1.29 is 14.3 Å². The van der Waals surface area contributed by atoms with Crippen LogP contribution in [0.15, 0.2) is 18.2 Å². The lowest BCUT2D eigenvalue weighted by atomic mass is 9.85. The SMILES string of the molecule is CC(=O)N(Cc1cc(NC(=O)C2CCC2)ccc1N(C)C)CC1CCCO1. The Morgan fingerprint density at radius 1 is 1.19 bits per heavy atom. The monoisotopic (exact) mass is 373 g/mol. The van der Waals surface area contributed by atoms with Gasteiger partial charge in [-0.3, -0.25) is 9.59 Å². The smallest absolute Gasteiger partial charge is 0.227 e. The first-order chi connectivity index (χ1) is 12.9. The Kier molecular flexibility index (Phi) is 6.37. The number of benzene rings is 1. The zero-order valence-electron chi connectivity index (χ0n) is 16.7. The second-order valence-corrected chi connectivity index (χ2v) is 7.89. The first-order valence-electron chi connectivity index (χ1n) is 9.92. The molecule has 6 nitrogen and oxygen atoms in total. The normalized spacial score (nSPS) is 19.4. The van der Waals surface area contributed by atoms with Crippen molar-refractivity contribution in [1.29, 1.82) is 0 Å². The summed E-state index contributed by atoms with van der Waals surface area (Å²) in [5.41, 5.74) is 2.88. The summed E-state index contributed by atoms with van der Waals surface area (Å²) in [6.45, 7) is 3.51. The average molecular weight is 373 g/mol. The van der Waals surface area contributed by atoms with Gasteiger partial charge >= 0.3 is 0 Å². The van der Waals surface area contributed by atoms with E-state index in [1.807, 2.05) is 42.1 Å². The van der Waals surface area contributed by atoms with Crippen LogP contribution in [0.2, 0.25) is 0 Å². The van der Waals surface area contributed by atoms with Crippen molar-refractivity contribution in [2.45, 2.75) is 51.7 Å². The number of rotatable bonds is 7. The molecule has 1 aromatic carbocycles. The van der Waals surface area contributed by atoms with Gasteiger partial charge in [-0.2, -0.15) is 0 Å². The Morgan fingerprint density at radius 2 is 1.96 bits per heavy atom. The first-order valence-corrected chi connectivity index (χ1v) is 9.92. The Labute approximate surface area is 161 Å². The van der Waals surface area contributed by atoms with Crippen LogP contribution in [0.25, 0.3) is 0 Å². The minimum absolute atomic E-state index is 0.0408. The highest BCUT2D eigenvalue weighted by molar-refractivity contribution is 5.93. The molecular weight excluding hydrogens is 342 g/mol. The summed E-state index contributed by atoms with van der Waals surface area (Å²) in [5.74, 6) is 0.293. The van der Waals surface area contributed by atoms with Crippen molar-refractivity contribution in [3.05, 3.63) is 23.8 Å². The fourth-order valence-corrected chi connectivity index (χ4v) is 3.69. The van der Waals surface area contributed by atoms with Crippen LogP contribution in [0.1, 0.15) is 44.6 Å². The quantitative estimate of drug-likeness (QED) is 0.798. The summed E-state index contributed by atoms with van der Waals surface area (Å²) < 4.78 is 5.71. The zero-order chi connectivity index (χ0) is 19.4. The molecule has 148 valence electrons. The number of amides is 2. The predicted octanol–water partition coefficient (Wildman–Crippen LogP) is 3.02. The molecule has 3 rings (SSSR count). The molecule has 27 heavy (non-hydrogen) atoms.